The van der Waals surface area contributed by atoms with Crippen molar-refractivity contribution in [2.75, 3.05) is 47.7 Å². The lowest BCUT2D eigenvalue weighted by atomic mass is 9.92. The van der Waals surface area contributed by atoms with Crippen LogP contribution in [-0.2, 0) is 22.4 Å². The van der Waals surface area contributed by atoms with Gasteiger partial charge >= 0.3 is 12.2 Å². The summed E-state index contributed by atoms with van der Waals surface area (Å²) in [6.07, 6.45) is 11.2. The smallest absolute Gasteiger partial charge is 0.404 e. The van der Waals surface area contributed by atoms with Gasteiger partial charge in [-0.25, -0.2) is 9.59 Å². The van der Waals surface area contributed by atoms with Gasteiger partial charge in [-0.05, 0) is 72.1 Å². The Morgan fingerprint density at radius 3 is 1.36 bits per heavy atom. The molecule has 20 nitrogen and oxygen atoms in total. The molecule has 10 N–H and O–H groups in total. The van der Waals surface area contributed by atoms with E-state index in [1.807, 2.05) is 0 Å². The van der Waals surface area contributed by atoms with Gasteiger partial charge in [0.15, 0.2) is 23.3 Å². The molecule has 0 aliphatic heterocycles. The maximum absolute atomic E-state index is 14.8. The lowest BCUT2D eigenvalue weighted by Crippen LogP contribution is -2.41. The molecule has 0 unspecified atom stereocenters. The van der Waals surface area contributed by atoms with Crippen LogP contribution in [0.15, 0.2) is 45.6 Å². The number of carboxylic acid groups (broad SMARTS) is 2. The molecule has 4 amide bonds. The van der Waals surface area contributed by atoms with E-state index < -0.39 is 47.5 Å². The minimum absolute atomic E-state index is 0.0358. The van der Waals surface area contributed by atoms with Crippen molar-refractivity contribution in [1.82, 2.24) is 41.4 Å². The van der Waals surface area contributed by atoms with Crippen LogP contribution in [0.3, 0.4) is 0 Å². The summed E-state index contributed by atoms with van der Waals surface area (Å²) in [6.45, 7) is 0.611. The molecular formula is C40H52Cl2F2N12O8. The molecule has 0 radical (unpaired) electrons. The molecule has 0 aromatic carbocycles. The van der Waals surface area contributed by atoms with Gasteiger partial charge in [-0.15, -0.1) is 0 Å². The minimum atomic E-state index is -1.21. The number of carbonyl (C=O) groups excluding carboxylic acids is 2. The molecular weight excluding hydrogens is 885 g/mol. The monoisotopic (exact) mass is 936 g/mol. The average Bonchev–Trinajstić information content (AvgIpc) is 4.12. The first-order valence-electron chi connectivity index (χ1n) is 20.9. The van der Waals surface area contributed by atoms with E-state index in [1.165, 1.54) is 0 Å². The molecule has 2 aliphatic rings. The van der Waals surface area contributed by atoms with Crippen molar-refractivity contribution in [1.29, 1.82) is 0 Å². The van der Waals surface area contributed by atoms with E-state index in [2.05, 4.69) is 62.9 Å². The molecule has 6 rings (SSSR count). The second-order valence-electron chi connectivity index (χ2n) is 15.3. The molecule has 2 saturated carbocycles. The Labute approximate surface area is 376 Å². The summed E-state index contributed by atoms with van der Waals surface area (Å²) < 4.78 is 40.0. The number of hydrogen-bond acceptors (Lipinski definition) is 14. The van der Waals surface area contributed by atoms with E-state index in [9.17, 15) is 28.0 Å². The summed E-state index contributed by atoms with van der Waals surface area (Å²) in [6, 6.07) is 7.12. The Hall–Kier alpha value is -6.16. The van der Waals surface area contributed by atoms with E-state index in [-0.39, 0.29) is 46.9 Å². The molecule has 348 valence electrons. The van der Waals surface area contributed by atoms with Gasteiger partial charge in [-0.3, -0.25) is 31.3 Å². The van der Waals surface area contributed by atoms with Crippen molar-refractivity contribution >= 4 is 70.5 Å². The summed E-state index contributed by atoms with van der Waals surface area (Å²) in [5, 5.41) is 27.5. The summed E-state index contributed by atoms with van der Waals surface area (Å²) >= 11 is 11.8. The van der Waals surface area contributed by atoms with Gasteiger partial charge < -0.3 is 40.3 Å². The van der Waals surface area contributed by atoms with Crippen molar-refractivity contribution in [2.45, 2.75) is 77.0 Å². The molecule has 4 aromatic heterocycles. The van der Waals surface area contributed by atoms with Gasteiger partial charge in [-0.2, -0.15) is 28.7 Å². The number of anilines is 4. The van der Waals surface area contributed by atoms with E-state index in [0.29, 0.717) is 50.6 Å². The Bertz CT molecular complexity index is 1960. The first kappa shape index (κ1) is 48.9. The van der Waals surface area contributed by atoms with Crippen molar-refractivity contribution in [3.8, 4) is 0 Å². The fourth-order valence-electron chi connectivity index (χ4n) is 7.49. The van der Waals surface area contributed by atoms with Crippen molar-refractivity contribution < 1.29 is 47.0 Å². The highest BCUT2D eigenvalue weighted by atomic mass is 35.5. The maximum Gasteiger partial charge on any atom is 0.404 e. The van der Waals surface area contributed by atoms with Crippen LogP contribution in [0, 0.1) is 35.3 Å². The second-order valence-corrected chi connectivity index (χ2v) is 16.0. The summed E-state index contributed by atoms with van der Waals surface area (Å²) in [4.78, 5) is 62.3. The average molecular weight is 938 g/mol. The quantitative estimate of drug-likeness (QED) is 0.0285. The van der Waals surface area contributed by atoms with E-state index in [1.54, 1.807) is 36.8 Å². The van der Waals surface area contributed by atoms with E-state index in [0.717, 1.165) is 62.9 Å². The van der Waals surface area contributed by atoms with Crippen molar-refractivity contribution in [3.05, 3.63) is 70.5 Å². The Kier molecular flexibility index (Phi) is 19.3. The third kappa shape index (κ3) is 16.2. The molecule has 2 aliphatic carbocycles. The molecule has 2 fully saturated rings. The van der Waals surface area contributed by atoms with Crippen molar-refractivity contribution in [2.24, 2.45) is 23.7 Å². The number of aromatic nitrogens is 4. The zero-order valence-electron chi connectivity index (χ0n) is 34.7. The predicted molar refractivity (Wildman–Crippen MR) is 232 cm³/mol. The van der Waals surface area contributed by atoms with Gasteiger partial charge in [0.05, 0.1) is 24.4 Å². The van der Waals surface area contributed by atoms with Crippen LogP contribution >= 0.6 is 23.2 Å². The largest absolute Gasteiger partial charge is 0.469 e. The van der Waals surface area contributed by atoms with E-state index in [4.69, 9.17) is 42.2 Å². The van der Waals surface area contributed by atoms with Crippen LogP contribution in [0.25, 0.3) is 0 Å². The fraction of sp³-hybridized carbons (Fsp3) is 0.500. The Morgan fingerprint density at radius 2 is 1.02 bits per heavy atom. The highest BCUT2D eigenvalue weighted by molar-refractivity contribution is 6.28. The zero-order chi connectivity index (χ0) is 45.8. The maximum atomic E-state index is 14.8. The second kappa shape index (κ2) is 25.2. The molecule has 2 atom stereocenters. The summed E-state index contributed by atoms with van der Waals surface area (Å²) in [5.41, 5.74) is 9.73. The molecule has 0 bridgehead atoms. The van der Waals surface area contributed by atoms with Crippen LogP contribution < -0.4 is 43.0 Å². The number of amides is 4. The van der Waals surface area contributed by atoms with Gasteiger partial charge in [0.25, 0.3) is 0 Å². The lowest BCUT2D eigenvalue weighted by molar-refractivity contribution is -0.125. The number of carbonyl (C=O) groups is 4. The molecule has 4 aromatic rings. The number of nitrogens with one attached hydrogen (secondary N) is 8. The van der Waals surface area contributed by atoms with Crippen LogP contribution in [0.5, 0.6) is 0 Å². The van der Waals surface area contributed by atoms with Gasteiger partial charge in [0.2, 0.25) is 34.0 Å². The molecule has 24 heteroatoms. The number of nitrogens with zero attached hydrogens (tertiary/aromatic N) is 4. The van der Waals surface area contributed by atoms with Crippen LogP contribution in [0.2, 0.25) is 10.6 Å². The first-order chi connectivity index (χ1) is 30.8. The Morgan fingerprint density at radius 1 is 0.641 bits per heavy atom. The normalized spacial score (nSPS) is 14.7. The zero-order valence-corrected chi connectivity index (χ0v) is 36.2. The molecule has 64 heavy (non-hydrogen) atoms. The number of halogens is 4. The predicted octanol–water partition coefficient (Wildman–Crippen LogP) is 6.85. The SMILES string of the molecule is O=C(O)NC[C@@H](CC1CCCC1)C(=O)NNc1nc(Cl)nc(NCCc2ccco2)c1F.O=C(O)NC[C@@H](CC1CCCC1)C(=O)NNc1nc(Cl)nc(NCCc2ccco2)c1F. The van der Waals surface area contributed by atoms with Crippen LogP contribution in [-0.4, -0.2) is 80.3 Å². The number of rotatable bonds is 22. The third-order valence-electron chi connectivity index (χ3n) is 10.7. The fourth-order valence-corrected chi connectivity index (χ4v) is 7.83. The lowest BCUT2D eigenvalue weighted by Gasteiger charge is -2.20. The topological polar surface area (TPSA) is 283 Å². The molecule has 0 saturated heterocycles. The number of hydrazine groups is 2. The Balaban J connectivity index is 0.000000241. The van der Waals surface area contributed by atoms with Gasteiger partial charge in [-0.1, -0.05) is 51.4 Å². The van der Waals surface area contributed by atoms with Crippen LogP contribution in [0.1, 0.15) is 75.7 Å². The minimum Gasteiger partial charge on any atom is -0.469 e. The van der Waals surface area contributed by atoms with Crippen LogP contribution in [0.4, 0.5) is 41.6 Å². The highest BCUT2D eigenvalue weighted by Crippen LogP contribution is 2.32. The van der Waals surface area contributed by atoms with Crippen molar-refractivity contribution in [3.63, 3.8) is 0 Å². The summed E-state index contributed by atoms with van der Waals surface area (Å²) in [7, 11) is 0. The van der Waals surface area contributed by atoms with Gasteiger partial charge in [0, 0.05) is 39.0 Å². The third-order valence-corrected chi connectivity index (χ3v) is 11.0. The molecule has 4 heterocycles. The van der Waals surface area contributed by atoms with E-state index >= 15 is 0 Å². The first-order valence-corrected chi connectivity index (χ1v) is 21.6. The standard InChI is InChI=1S/2C20H26ClFN6O4/c2*21-19-25-16(23-8-7-14-6-3-9-32-14)15(22)17(26-19)27-28-18(29)13(11-24-20(30)31)10-12-4-1-2-5-12/h2*3,6,9,12-13,24H,1-2,4-5,7-8,10-11H2,(H,28,29)(H,30,31)(H2,23,25,26,27)/t2*13-/m11/s1. The highest BCUT2D eigenvalue weighted by Gasteiger charge is 2.28. The molecule has 0 spiro atoms. The number of hydrogen-bond donors (Lipinski definition) is 10. The number of furan rings is 2. The summed E-state index contributed by atoms with van der Waals surface area (Å²) in [5.74, 6) is -2.44. The van der Waals surface area contributed by atoms with Gasteiger partial charge in [0.1, 0.15) is 11.5 Å².